The maximum atomic E-state index is 12.7. The minimum absolute atomic E-state index is 0.0979. The molecule has 0 saturated carbocycles. The van der Waals surface area contributed by atoms with E-state index in [1.807, 2.05) is 34.5 Å². The highest BCUT2D eigenvalue weighted by atomic mass is 79.9. The lowest BCUT2D eigenvalue weighted by atomic mass is 10.1. The molecular formula is C20H17BrN4O4S. The Morgan fingerprint density at radius 1 is 1.20 bits per heavy atom. The van der Waals surface area contributed by atoms with Crippen molar-refractivity contribution in [2.24, 2.45) is 0 Å². The predicted octanol–water partition coefficient (Wildman–Crippen LogP) is 4.57. The van der Waals surface area contributed by atoms with E-state index in [2.05, 4.69) is 26.2 Å². The van der Waals surface area contributed by atoms with Gasteiger partial charge in [-0.05, 0) is 24.3 Å². The maximum Gasteiger partial charge on any atom is 0.293 e. The highest BCUT2D eigenvalue weighted by molar-refractivity contribution is 9.10. The third-order valence-corrected chi connectivity index (χ3v) is 5.94. The lowest BCUT2D eigenvalue weighted by molar-refractivity contribution is -0.384. The van der Waals surface area contributed by atoms with Gasteiger partial charge in [-0.1, -0.05) is 28.1 Å². The minimum atomic E-state index is -0.462. The number of nitro benzene ring substituents is 1. The summed E-state index contributed by atoms with van der Waals surface area (Å²) in [5, 5.41) is 16.6. The Labute approximate surface area is 184 Å². The number of thiazole rings is 1. The molecule has 3 aromatic rings. The molecule has 1 aromatic heterocycles. The van der Waals surface area contributed by atoms with Crippen LogP contribution in [0.25, 0.3) is 11.3 Å². The lowest BCUT2D eigenvalue weighted by Crippen LogP contribution is -2.36. The fourth-order valence-electron chi connectivity index (χ4n) is 3.14. The summed E-state index contributed by atoms with van der Waals surface area (Å²) in [7, 11) is 0. The summed E-state index contributed by atoms with van der Waals surface area (Å²) < 4.78 is 6.28. The summed E-state index contributed by atoms with van der Waals surface area (Å²) in [6.45, 7) is 2.18. The lowest BCUT2D eigenvalue weighted by Gasteiger charge is -2.28. The third-order valence-electron chi connectivity index (χ3n) is 4.65. The largest absolute Gasteiger partial charge is 0.378 e. The molecule has 1 aliphatic heterocycles. The van der Waals surface area contributed by atoms with Crippen molar-refractivity contribution in [2.75, 3.05) is 36.5 Å². The number of ether oxygens (including phenoxy) is 1. The molecule has 30 heavy (non-hydrogen) atoms. The van der Waals surface area contributed by atoms with Gasteiger partial charge in [0.05, 0.1) is 23.8 Å². The first kappa shape index (κ1) is 20.5. The first-order valence-electron chi connectivity index (χ1n) is 9.15. The molecule has 154 valence electrons. The van der Waals surface area contributed by atoms with E-state index >= 15 is 0 Å². The summed E-state index contributed by atoms with van der Waals surface area (Å²) in [4.78, 5) is 30.1. The molecule has 0 spiro atoms. The number of morpholine rings is 1. The summed E-state index contributed by atoms with van der Waals surface area (Å²) >= 11 is 4.69. The van der Waals surface area contributed by atoms with Gasteiger partial charge in [-0.25, -0.2) is 4.98 Å². The van der Waals surface area contributed by atoms with Crippen molar-refractivity contribution >= 4 is 49.7 Å². The zero-order chi connectivity index (χ0) is 21.1. The number of hydrogen-bond donors (Lipinski definition) is 1. The Hall–Kier alpha value is -2.82. The molecule has 0 atom stereocenters. The van der Waals surface area contributed by atoms with Crippen molar-refractivity contribution < 1.29 is 14.5 Å². The van der Waals surface area contributed by atoms with Crippen molar-refractivity contribution in [1.29, 1.82) is 0 Å². The Morgan fingerprint density at radius 2 is 1.93 bits per heavy atom. The molecule has 4 rings (SSSR count). The van der Waals surface area contributed by atoms with Gasteiger partial charge in [0.1, 0.15) is 5.69 Å². The average molecular weight is 489 g/mol. The second-order valence-corrected chi connectivity index (χ2v) is 8.33. The van der Waals surface area contributed by atoms with Crippen molar-refractivity contribution in [3.05, 3.63) is 68.0 Å². The molecule has 1 N–H and O–H groups in total. The van der Waals surface area contributed by atoms with Crippen LogP contribution in [0.15, 0.2) is 52.3 Å². The van der Waals surface area contributed by atoms with Crippen LogP contribution in [-0.4, -0.2) is 42.1 Å². The van der Waals surface area contributed by atoms with E-state index in [4.69, 9.17) is 4.74 Å². The molecule has 0 aliphatic carbocycles. The average Bonchev–Trinajstić information content (AvgIpc) is 3.22. The van der Waals surface area contributed by atoms with Crippen LogP contribution in [0.3, 0.4) is 0 Å². The molecule has 0 bridgehead atoms. The van der Waals surface area contributed by atoms with Crippen molar-refractivity contribution in [3.63, 3.8) is 0 Å². The van der Waals surface area contributed by atoms with E-state index in [0.29, 0.717) is 37.1 Å². The summed E-state index contributed by atoms with van der Waals surface area (Å²) in [6, 6.07) is 12.2. The fraction of sp³-hybridized carbons (Fsp3) is 0.200. The van der Waals surface area contributed by atoms with E-state index in [1.54, 1.807) is 12.1 Å². The van der Waals surface area contributed by atoms with Crippen LogP contribution >= 0.6 is 27.3 Å². The smallest absolute Gasteiger partial charge is 0.293 e. The van der Waals surface area contributed by atoms with Crippen LogP contribution in [0.2, 0.25) is 0 Å². The normalized spacial score (nSPS) is 13.8. The zero-order valence-electron chi connectivity index (χ0n) is 15.7. The van der Waals surface area contributed by atoms with Gasteiger partial charge in [-0.15, -0.1) is 11.3 Å². The molecule has 2 heterocycles. The first-order valence-corrected chi connectivity index (χ1v) is 10.8. The van der Waals surface area contributed by atoms with Gasteiger partial charge in [0.2, 0.25) is 0 Å². The number of benzene rings is 2. The number of nitrogens with one attached hydrogen (secondary N) is 1. The highest BCUT2D eigenvalue weighted by Gasteiger charge is 2.23. The quantitative estimate of drug-likeness (QED) is 0.417. The molecule has 2 aromatic carbocycles. The predicted molar refractivity (Wildman–Crippen MR) is 119 cm³/mol. The first-order chi connectivity index (χ1) is 14.5. The molecule has 1 aliphatic rings. The molecular weight excluding hydrogens is 472 g/mol. The molecule has 10 heteroatoms. The van der Waals surface area contributed by atoms with E-state index < -0.39 is 10.8 Å². The number of amides is 1. The van der Waals surface area contributed by atoms with Crippen molar-refractivity contribution in [2.45, 2.75) is 0 Å². The Bertz CT molecular complexity index is 1080. The van der Waals surface area contributed by atoms with Gasteiger partial charge in [0, 0.05) is 40.1 Å². The Morgan fingerprint density at radius 3 is 2.63 bits per heavy atom. The van der Waals surface area contributed by atoms with Gasteiger partial charge in [-0.2, -0.15) is 0 Å². The van der Waals surface area contributed by atoms with Gasteiger partial charge in [0.15, 0.2) is 5.13 Å². The third kappa shape index (κ3) is 4.50. The van der Waals surface area contributed by atoms with Crippen LogP contribution < -0.4 is 10.2 Å². The second-order valence-electron chi connectivity index (χ2n) is 6.56. The van der Waals surface area contributed by atoms with Crippen molar-refractivity contribution in [1.82, 2.24) is 4.98 Å². The summed E-state index contributed by atoms with van der Waals surface area (Å²) in [5.41, 5.74) is 2.28. The second kappa shape index (κ2) is 8.90. The minimum Gasteiger partial charge on any atom is -0.378 e. The van der Waals surface area contributed by atoms with E-state index in [0.717, 1.165) is 15.7 Å². The SMILES string of the molecule is O=C(Nc1nc(-c2ccc(Br)cc2)cs1)c1ccc(N2CCOCC2)c([N+](=O)[O-])c1. The van der Waals surface area contributed by atoms with Crippen molar-refractivity contribution in [3.8, 4) is 11.3 Å². The maximum absolute atomic E-state index is 12.7. The van der Waals surface area contributed by atoms with Crippen LogP contribution in [-0.2, 0) is 4.74 Å². The van der Waals surface area contributed by atoms with Gasteiger partial charge in [-0.3, -0.25) is 20.2 Å². The molecule has 0 unspecified atom stereocenters. The van der Waals surface area contributed by atoms with E-state index in [-0.39, 0.29) is 11.3 Å². The van der Waals surface area contributed by atoms with Crippen LogP contribution in [0, 0.1) is 10.1 Å². The number of anilines is 2. The number of aromatic nitrogens is 1. The number of halogens is 1. The van der Waals surface area contributed by atoms with E-state index in [9.17, 15) is 14.9 Å². The number of rotatable bonds is 5. The van der Waals surface area contributed by atoms with Gasteiger partial charge in [0.25, 0.3) is 11.6 Å². The monoisotopic (exact) mass is 488 g/mol. The van der Waals surface area contributed by atoms with Gasteiger partial charge < -0.3 is 9.64 Å². The zero-order valence-corrected chi connectivity index (χ0v) is 18.1. The standard InChI is InChI=1S/C20H17BrN4O4S/c21-15-4-1-13(2-5-15)16-12-30-20(22-16)23-19(26)14-3-6-17(18(11-14)25(27)28)24-7-9-29-10-8-24/h1-6,11-12H,7-10H2,(H,22,23,26). The fourth-order valence-corrected chi connectivity index (χ4v) is 4.12. The molecule has 0 radical (unpaired) electrons. The molecule has 1 saturated heterocycles. The number of carbonyl (C=O) groups is 1. The Balaban J connectivity index is 1.52. The topological polar surface area (TPSA) is 97.6 Å². The number of nitrogens with zero attached hydrogens (tertiary/aromatic N) is 3. The summed E-state index contributed by atoms with van der Waals surface area (Å²) in [5.74, 6) is -0.441. The van der Waals surface area contributed by atoms with Crippen LogP contribution in [0.1, 0.15) is 10.4 Å². The van der Waals surface area contributed by atoms with Crippen LogP contribution in [0.5, 0.6) is 0 Å². The molecule has 8 nitrogen and oxygen atoms in total. The number of hydrogen-bond acceptors (Lipinski definition) is 7. The van der Waals surface area contributed by atoms with E-state index in [1.165, 1.54) is 17.4 Å². The Kier molecular flexibility index (Phi) is 6.07. The number of carbonyl (C=O) groups excluding carboxylic acids is 1. The molecule has 1 fully saturated rings. The summed E-state index contributed by atoms with van der Waals surface area (Å²) in [6.07, 6.45) is 0. The van der Waals surface area contributed by atoms with Gasteiger partial charge >= 0.3 is 0 Å². The molecule has 1 amide bonds. The van der Waals surface area contributed by atoms with Crippen LogP contribution in [0.4, 0.5) is 16.5 Å². The number of nitro groups is 1. The highest BCUT2D eigenvalue weighted by Crippen LogP contribution is 2.31.